The Morgan fingerprint density at radius 1 is 0.960 bits per heavy atom. The molecule has 5 heteroatoms. The first-order valence-electron chi connectivity index (χ1n) is 8.09. The number of carbonyl (C=O) groups excluding carboxylic acids is 1. The number of anilines is 2. The molecule has 3 rings (SSSR count). The Hall–Kier alpha value is -3.21. The van der Waals surface area contributed by atoms with Crippen LogP contribution in [0.3, 0.4) is 0 Å². The van der Waals surface area contributed by atoms with Gasteiger partial charge in [0.15, 0.2) is 0 Å². The molecule has 126 valence electrons. The van der Waals surface area contributed by atoms with Crippen LogP contribution in [0.15, 0.2) is 60.9 Å². The van der Waals surface area contributed by atoms with Gasteiger partial charge >= 0.3 is 0 Å². The van der Waals surface area contributed by atoms with Crippen molar-refractivity contribution in [1.29, 1.82) is 0 Å². The van der Waals surface area contributed by atoms with Crippen molar-refractivity contribution in [2.45, 2.75) is 20.4 Å². The van der Waals surface area contributed by atoms with Gasteiger partial charge in [-0.15, -0.1) is 0 Å². The van der Waals surface area contributed by atoms with Crippen molar-refractivity contribution >= 4 is 17.4 Å². The number of rotatable bonds is 5. The van der Waals surface area contributed by atoms with E-state index in [1.807, 2.05) is 56.3 Å². The number of amides is 1. The summed E-state index contributed by atoms with van der Waals surface area (Å²) in [5.74, 6) is 0.361. The lowest BCUT2D eigenvalue weighted by Gasteiger charge is -2.09. The van der Waals surface area contributed by atoms with Gasteiger partial charge in [-0.3, -0.25) is 4.79 Å². The molecule has 0 aliphatic carbocycles. The SMILES string of the molecule is Cc1cc(C)cc(Nc2cc(C(=O)NCc3ccccc3)ncn2)c1. The van der Waals surface area contributed by atoms with E-state index in [0.717, 1.165) is 22.4 Å². The van der Waals surface area contributed by atoms with Crippen molar-refractivity contribution in [3.8, 4) is 0 Å². The fourth-order valence-electron chi connectivity index (χ4n) is 2.61. The van der Waals surface area contributed by atoms with Gasteiger partial charge in [-0.25, -0.2) is 9.97 Å². The van der Waals surface area contributed by atoms with Crippen LogP contribution in [-0.4, -0.2) is 15.9 Å². The molecule has 0 spiro atoms. The molecule has 1 amide bonds. The van der Waals surface area contributed by atoms with Crippen LogP contribution in [0, 0.1) is 13.8 Å². The minimum atomic E-state index is -0.227. The van der Waals surface area contributed by atoms with E-state index in [9.17, 15) is 4.79 Å². The fourth-order valence-corrected chi connectivity index (χ4v) is 2.61. The van der Waals surface area contributed by atoms with Crippen LogP contribution in [0.5, 0.6) is 0 Å². The molecule has 3 aromatic rings. The summed E-state index contributed by atoms with van der Waals surface area (Å²) in [7, 11) is 0. The molecule has 0 aliphatic heterocycles. The maximum atomic E-state index is 12.3. The van der Waals surface area contributed by atoms with Gasteiger partial charge in [0.05, 0.1) is 0 Å². The van der Waals surface area contributed by atoms with Gasteiger partial charge in [0.1, 0.15) is 17.8 Å². The molecule has 5 nitrogen and oxygen atoms in total. The normalized spacial score (nSPS) is 10.3. The summed E-state index contributed by atoms with van der Waals surface area (Å²) in [4.78, 5) is 20.6. The van der Waals surface area contributed by atoms with Gasteiger partial charge in [0.25, 0.3) is 5.91 Å². The van der Waals surface area contributed by atoms with Crippen LogP contribution in [0.25, 0.3) is 0 Å². The molecule has 0 aliphatic rings. The molecule has 0 fully saturated rings. The number of carbonyl (C=O) groups is 1. The van der Waals surface area contributed by atoms with Crippen LogP contribution >= 0.6 is 0 Å². The van der Waals surface area contributed by atoms with Crippen molar-refractivity contribution in [3.05, 3.63) is 83.3 Å². The summed E-state index contributed by atoms with van der Waals surface area (Å²) in [5, 5.41) is 6.09. The van der Waals surface area contributed by atoms with E-state index in [2.05, 4.69) is 26.7 Å². The standard InChI is InChI=1S/C20H20N4O/c1-14-8-15(2)10-17(9-14)24-19-11-18(22-13-23-19)20(25)21-12-16-6-4-3-5-7-16/h3-11,13H,12H2,1-2H3,(H,21,25)(H,22,23,24). The summed E-state index contributed by atoms with van der Waals surface area (Å²) in [6.07, 6.45) is 1.39. The third-order valence-electron chi connectivity index (χ3n) is 3.69. The Morgan fingerprint density at radius 2 is 1.68 bits per heavy atom. The molecule has 25 heavy (non-hydrogen) atoms. The Balaban J connectivity index is 1.69. The fraction of sp³-hybridized carbons (Fsp3) is 0.150. The van der Waals surface area contributed by atoms with E-state index in [1.165, 1.54) is 6.33 Å². The first kappa shape index (κ1) is 16.6. The monoisotopic (exact) mass is 332 g/mol. The number of nitrogens with zero attached hydrogens (tertiary/aromatic N) is 2. The van der Waals surface area contributed by atoms with E-state index in [4.69, 9.17) is 0 Å². The van der Waals surface area contributed by atoms with Crippen molar-refractivity contribution in [2.75, 3.05) is 5.32 Å². The number of hydrogen-bond acceptors (Lipinski definition) is 4. The molecule has 2 N–H and O–H groups in total. The van der Waals surface area contributed by atoms with Crippen LogP contribution in [0.1, 0.15) is 27.2 Å². The number of nitrogens with one attached hydrogen (secondary N) is 2. The summed E-state index contributed by atoms with van der Waals surface area (Å²) < 4.78 is 0. The lowest BCUT2D eigenvalue weighted by Crippen LogP contribution is -2.24. The zero-order valence-electron chi connectivity index (χ0n) is 14.3. The van der Waals surface area contributed by atoms with Crippen molar-refractivity contribution in [3.63, 3.8) is 0 Å². The molecular formula is C20H20N4O. The number of hydrogen-bond donors (Lipinski definition) is 2. The highest BCUT2D eigenvalue weighted by atomic mass is 16.1. The third kappa shape index (κ3) is 4.64. The summed E-state index contributed by atoms with van der Waals surface area (Å²) >= 11 is 0. The van der Waals surface area contributed by atoms with Gasteiger partial charge in [-0.2, -0.15) is 0 Å². The van der Waals surface area contributed by atoms with Crippen LogP contribution < -0.4 is 10.6 Å². The van der Waals surface area contributed by atoms with Gasteiger partial charge in [-0.1, -0.05) is 36.4 Å². The second-order valence-corrected chi connectivity index (χ2v) is 5.96. The van der Waals surface area contributed by atoms with E-state index in [-0.39, 0.29) is 5.91 Å². The largest absolute Gasteiger partial charge is 0.347 e. The van der Waals surface area contributed by atoms with Crippen LogP contribution in [0.4, 0.5) is 11.5 Å². The molecule has 0 saturated carbocycles. The van der Waals surface area contributed by atoms with Gasteiger partial charge in [0.2, 0.25) is 0 Å². The van der Waals surface area contributed by atoms with E-state index in [1.54, 1.807) is 6.07 Å². The Kier molecular flexibility index (Phi) is 5.04. The van der Waals surface area contributed by atoms with E-state index < -0.39 is 0 Å². The predicted molar refractivity (Wildman–Crippen MR) is 98.8 cm³/mol. The summed E-state index contributed by atoms with van der Waals surface area (Å²) in [6, 6.07) is 17.6. The van der Waals surface area contributed by atoms with Gasteiger partial charge in [-0.05, 0) is 42.7 Å². The Morgan fingerprint density at radius 3 is 2.40 bits per heavy atom. The third-order valence-corrected chi connectivity index (χ3v) is 3.69. The zero-order chi connectivity index (χ0) is 17.6. The number of benzene rings is 2. The molecule has 0 bridgehead atoms. The van der Waals surface area contributed by atoms with Crippen molar-refractivity contribution in [1.82, 2.24) is 15.3 Å². The minimum Gasteiger partial charge on any atom is -0.347 e. The predicted octanol–water partition coefficient (Wildman–Crippen LogP) is 3.77. The highest BCUT2D eigenvalue weighted by Gasteiger charge is 2.09. The maximum Gasteiger partial charge on any atom is 0.270 e. The maximum absolute atomic E-state index is 12.3. The molecule has 1 heterocycles. The molecule has 0 atom stereocenters. The molecular weight excluding hydrogens is 312 g/mol. The highest BCUT2D eigenvalue weighted by Crippen LogP contribution is 2.18. The van der Waals surface area contributed by atoms with Crippen molar-refractivity contribution in [2.24, 2.45) is 0 Å². The molecule has 0 saturated heterocycles. The second kappa shape index (κ2) is 7.57. The lowest BCUT2D eigenvalue weighted by molar-refractivity contribution is 0.0946. The summed E-state index contributed by atoms with van der Waals surface area (Å²) in [5.41, 5.74) is 4.64. The quantitative estimate of drug-likeness (QED) is 0.746. The molecule has 0 unspecified atom stereocenters. The number of aryl methyl sites for hydroxylation is 2. The molecule has 1 aromatic heterocycles. The average molecular weight is 332 g/mol. The Labute approximate surface area is 147 Å². The number of aromatic nitrogens is 2. The highest BCUT2D eigenvalue weighted by molar-refractivity contribution is 5.92. The van der Waals surface area contributed by atoms with E-state index in [0.29, 0.717) is 18.1 Å². The van der Waals surface area contributed by atoms with E-state index >= 15 is 0 Å². The van der Waals surface area contributed by atoms with Gasteiger partial charge < -0.3 is 10.6 Å². The second-order valence-electron chi connectivity index (χ2n) is 5.96. The van der Waals surface area contributed by atoms with Gasteiger partial charge in [0, 0.05) is 18.3 Å². The minimum absolute atomic E-state index is 0.227. The smallest absolute Gasteiger partial charge is 0.270 e. The zero-order valence-corrected chi connectivity index (χ0v) is 14.3. The first-order chi connectivity index (χ1) is 12.1. The Bertz CT molecular complexity index is 858. The van der Waals surface area contributed by atoms with Crippen LogP contribution in [-0.2, 0) is 6.54 Å². The lowest BCUT2D eigenvalue weighted by atomic mass is 10.1. The topological polar surface area (TPSA) is 66.9 Å². The average Bonchev–Trinajstić information content (AvgIpc) is 2.60. The molecule has 2 aromatic carbocycles. The van der Waals surface area contributed by atoms with Crippen molar-refractivity contribution < 1.29 is 4.79 Å². The van der Waals surface area contributed by atoms with Crippen LogP contribution in [0.2, 0.25) is 0 Å². The summed E-state index contributed by atoms with van der Waals surface area (Å²) in [6.45, 7) is 4.55. The molecule has 0 radical (unpaired) electrons. The first-order valence-corrected chi connectivity index (χ1v) is 8.09.